The van der Waals surface area contributed by atoms with Gasteiger partial charge in [-0.2, -0.15) is 4.31 Å². The van der Waals surface area contributed by atoms with E-state index in [1.54, 1.807) is 17.8 Å². The number of rotatable bonds is 5. The van der Waals surface area contributed by atoms with Gasteiger partial charge in [-0.05, 0) is 24.8 Å². The minimum Gasteiger partial charge on any atom is -0.345 e. The third-order valence-corrected chi connectivity index (χ3v) is 7.05. The maximum atomic E-state index is 12.9. The number of aromatic nitrogens is 1. The first-order valence-electron chi connectivity index (χ1n) is 9.47. The van der Waals surface area contributed by atoms with E-state index in [0.29, 0.717) is 37.8 Å². The molecule has 8 heteroatoms. The summed E-state index contributed by atoms with van der Waals surface area (Å²) >= 11 is 0. The summed E-state index contributed by atoms with van der Waals surface area (Å²) in [6, 6.07) is 1.54. The van der Waals surface area contributed by atoms with Crippen LogP contribution in [0.4, 0.5) is 0 Å². The highest BCUT2D eigenvalue weighted by molar-refractivity contribution is 7.89. The lowest BCUT2D eigenvalue weighted by Gasteiger charge is -2.35. The van der Waals surface area contributed by atoms with Gasteiger partial charge in [-0.25, -0.2) is 8.42 Å². The average Bonchev–Trinajstić information content (AvgIpc) is 3.24. The first-order chi connectivity index (χ1) is 12.3. The molecule has 0 N–H and O–H groups in total. The largest absolute Gasteiger partial charge is 0.345 e. The molecule has 26 heavy (non-hydrogen) atoms. The maximum Gasteiger partial charge on any atom is 0.270 e. The highest BCUT2D eigenvalue weighted by Crippen LogP contribution is 2.23. The Balaban J connectivity index is 1.70. The molecule has 0 aromatic carbocycles. The van der Waals surface area contributed by atoms with Crippen LogP contribution in [-0.4, -0.2) is 78.8 Å². The lowest BCUT2D eigenvalue weighted by atomic mass is 10.2. The number of aryl methyl sites for hydroxylation is 1. The molecule has 0 bridgehead atoms. The smallest absolute Gasteiger partial charge is 0.270 e. The molecule has 0 atom stereocenters. The monoisotopic (exact) mass is 382 g/mol. The molecule has 0 radical (unpaired) electrons. The Morgan fingerprint density at radius 1 is 1.08 bits per heavy atom. The number of carbonyl (C=O) groups excluding carboxylic acids is 1. The average molecular weight is 383 g/mol. The van der Waals surface area contributed by atoms with Gasteiger partial charge in [-0.15, -0.1) is 0 Å². The first kappa shape index (κ1) is 19.4. The Morgan fingerprint density at radius 2 is 1.69 bits per heavy atom. The molecule has 0 aliphatic carbocycles. The Kier molecular flexibility index (Phi) is 5.74. The van der Waals surface area contributed by atoms with E-state index in [1.807, 2.05) is 4.90 Å². The van der Waals surface area contributed by atoms with E-state index in [9.17, 15) is 13.2 Å². The summed E-state index contributed by atoms with van der Waals surface area (Å²) in [6.07, 6.45) is 3.37. The van der Waals surface area contributed by atoms with Crippen LogP contribution in [0.3, 0.4) is 0 Å². The Labute approximate surface area is 156 Å². The number of nitrogens with zero attached hydrogens (tertiary/aromatic N) is 4. The van der Waals surface area contributed by atoms with Gasteiger partial charge in [0.1, 0.15) is 10.6 Å². The summed E-state index contributed by atoms with van der Waals surface area (Å²) in [4.78, 5) is 17.3. The summed E-state index contributed by atoms with van der Waals surface area (Å²) in [7, 11) is -1.75. The molecule has 3 heterocycles. The highest BCUT2D eigenvalue weighted by Gasteiger charge is 2.31. The van der Waals surface area contributed by atoms with E-state index in [2.05, 4.69) is 18.7 Å². The normalized spacial score (nSPS) is 20.2. The van der Waals surface area contributed by atoms with Gasteiger partial charge in [0.05, 0.1) is 0 Å². The van der Waals surface area contributed by atoms with Gasteiger partial charge >= 0.3 is 0 Å². The van der Waals surface area contributed by atoms with Gasteiger partial charge in [0, 0.05) is 59.1 Å². The fourth-order valence-corrected chi connectivity index (χ4v) is 5.37. The van der Waals surface area contributed by atoms with E-state index in [1.165, 1.54) is 10.4 Å². The van der Waals surface area contributed by atoms with Crippen molar-refractivity contribution < 1.29 is 13.2 Å². The molecule has 1 aromatic rings. The predicted octanol–water partition coefficient (Wildman–Crippen LogP) is 1.22. The quantitative estimate of drug-likeness (QED) is 0.768. The lowest BCUT2D eigenvalue weighted by molar-refractivity contribution is 0.0614. The predicted molar refractivity (Wildman–Crippen MR) is 101 cm³/mol. The second-order valence-electron chi connectivity index (χ2n) is 7.77. The fraction of sp³-hybridized carbons (Fsp3) is 0.722. The summed E-state index contributed by atoms with van der Waals surface area (Å²) in [6.45, 7) is 9.69. The van der Waals surface area contributed by atoms with Crippen molar-refractivity contribution in [3.05, 3.63) is 18.0 Å². The van der Waals surface area contributed by atoms with E-state index >= 15 is 0 Å². The molecule has 1 aromatic heterocycles. The molecule has 2 saturated heterocycles. The molecule has 146 valence electrons. The molecular weight excluding hydrogens is 352 g/mol. The number of piperazine rings is 1. The van der Waals surface area contributed by atoms with Crippen LogP contribution < -0.4 is 0 Å². The first-order valence-corrected chi connectivity index (χ1v) is 10.9. The Hall–Kier alpha value is -1.38. The topological polar surface area (TPSA) is 65.9 Å². The molecule has 0 saturated carbocycles. The van der Waals surface area contributed by atoms with Gasteiger partial charge in [-0.3, -0.25) is 9.69 Å². The standard InChI is InChI=1S/C18H30N4O3S/c1-15(2)13-20-8-10-21(11-9-20)18(23)17-12-16(14-19(17)3)26(24,25)22-6-4-5-7-22/h12,14-15H,4-11,13H2,1-3H3. The SMILES string of the molecule is CC(C)CN1CCN(C(=O)c2cc(S(=O)(=O)N3CCCC3)cn2C)CC1. The minimum absolute atomic E-state index is 0.0837. The molecule has 7 nitrogen and oxygen atoms in total. The van der Waals surface area contributed by atoms with Gasteiger partial charge in [0.2, 0.25) is 10.0 Å². The lowest BCUT2D eigenvalue weighted by Crippen LogP contribution is -2.49. The molecule has 0 unspecified atom stereocenters. The van der Waals surface area contributed by atoms with E-state index in [-0.39, 0.29) is 10.8 Å². The van der Waals surface area contributed by atoms with Crippen molar-refractivity contribution in [2.75, 3.05) is 45.8 Å². The fourth-order valence-electron chi connectivity index (χ4n) is 3.78. The van der Waals surface area contributed by atoms with Gasteiger partial charge in [-0.1, -0.05) is 13.8 Å². The Morgan fingerprint density at radius 3 is 2.27 bits per heavy atom. The van der Waals surface area contributed by atoms with Crippen LogP contribution in [0, 0.1) is 5.92 Å². The molecule has 1 amide bonds. The van der Waals surface area contributed by atoms with Crippen LogP contribution in [0.1, 0.15) is 37.2 Å². The number of hydrogen-bond donors (Lipinski definition) is 0. The van der Waals surface area contributed by atoms with Crippen LogP contribution >= 0.6 is 0 Å². The van der Waals surface area contributed by atoms with E-state index < -0.39 is 10.0 Å². The summed E-state index contributed by atoms with van der Waals surface area (Å²) in [5.41, 5.74) is 0.445. The second-order valence-corrected chi connectivity index (χ2v) is 9.71. The number of sulfonamides is 1. The van der Waals surface area contributed by atoms with Crippen LogP contribution in [0.15, 0.2) is 17.2 Å². The van der Waals surface area contributed by atoms with Crippen LogP contribution in [0.2, 0.25) is 0 Å². The van der Waals surface area contributed by atoms with Crippen molar-refractivity contribution in [2.45, 2.75) is 31.6 Å². The zero-order chi connectivity index (χ0) is 18.9. The maximum absolute atomic E-state index is 12.9. The van der Waals surface area contributed by atoms with Crippen molar-refractivity contribution in [2.24, 2.45) is 13.0 Å². The number of amides is 1. The highest BCUT2D eigenvalue weighted by atomic mass is 32.2. The van der Waals surface area contributed by atoms with Crippen molar-refractivity contribution >= 4 is 15.9 Å². The van der Waals surface area contributed by atoms with Crippen LogP contribution in [-0.2, 0) is 17.1 Å². The third-order valence-electron chi connectivity index (χ3n) is 5.18. The van der Waals surface area contributed by atoms with Crippen molar-refractivity contribution in [3.8, 4) is 0 Å². The number of carbonyl (C=O) groups is 1. The van der Waals surface area contributed by atoms with Crippen molar-refractivity contribution in [3.63, 3.8) is 0 Å². The van der Waals surface area contributed by atoms with Gasteiger partial charge in [0.15, 0.2) is 0 Å². The van der Waals surface area contributed by atoms with E-state index in [0.717, 1.165) is 32.5 Å². The molecule has 0 spiro atoms. The Bertz CT molecular complexity index is 742. The molecule has 2 aliphatic rings. The molecule has 2 aliphatic heterocycles. The van der Waals surface area contributed by atoms with Gasteiger partial charge in [0.25, 0.3) is 5.91 Å². The van der Waals surface area contributed by atoms with Crippen molar-refractivity contribution in [1.82, 2.24) is 18.7 Å². The van der Waals surface area contributed by atoms with Gasteiger partial charge < -0.3 is 9.47 Å². The third kappa shape index (κ3) is 3.97. The zero-order valence-electron chi connectivity index (χ0n) is 16.0. The minimum atomic E-state index is -3.49. The summed E-state index contributed by atoms with van der Waals surface area (Å²) < 4.78 is 28.6. The van der Waals surface area contributed by atoms with Crippen molar-refractivity contribution in [1.29, 1.82) is 0 Å². The number of hydrogen-bond acceptors (Lipinski definition) is 4. The van der Waals surface area contributed by atoms with Crippen LogP contribution in [0.5, 0.6) is 0 Å². The molecule has 2 fully saturated rings. The summed E-state index contributed by atoms with van der Waals surface area (Å²) in [5, 5.41) is 0. The zero-order valence-corrected chi connectivity index (χ0v) is 16.8. The van der Waals surface area contributed by atoms with Crippen LogP contribution in [0.25, 0.3) is 0 Å². The van der Waals surface area contributed by atoms with E-state index in [4.69, 9.17) is 0 Å². The molecule has 3 rings (SSSR count). The second kappa shape index (κ2) is 7.70. The molecular formula is C18H30N4O3S. The summed E-state index contributed by atoms with van der Waals surface area (Å²) in [5.74, 6) is 0.531.